The van der Waals surface area contributed by atoms with Crippen molar-refractivity contribution in [2.24, 2.45) is 5.92 Å². The molecule has 21 heavy (non-hydrogen) atoms. The van der Waals surface area contributed by atoms with Crippen molar-refractivity contribution >= 4 is 17.5 Å². The molecule has 1 aromatic rings. The third-order valence-corrected chi connectivity index (χ3v) is 4.68. The Morgan fingerprint density at radius 2 is 1.95 bits per heavy atom. The van der Waals surface area contributed by atoms with Crippen molar-refractivity contribution in [1.29, 1.82) is 0 Å². The van der Waals surface area contributed by atoms with Crippen molar-refractivity contribution in [1.82, 2.24) is 5.32 Å². The maximum Gasteiger partial charge on any atom is 0.232 e. The number of para-hydroxylation sites is 1. The predicted molar refractivity (Wildman–Crippen MR) is 82.0 cm³/mol. The summed E-state index contributed by atoms with van der Waals surface area (Å²) in [6, 6.07) is 7.90. The number of carbonyl (C=O) groups excluding carboxylic acids is 2. The van der Waals surface area contributed by atoms with Gasteiger partial charge < -0.3 is 10.6 Å². The number of anilines is 1. The second kappa shape index (κ2) is 5.88. The van der Waals surface area contributed by atoms with E-state index in [4.69, 9.17) is 0 Å². The lowest BCUT2D eigenvalue weighted by atomic mass is 9.87. The number of fused-ring (bicyclic) bond motifs is 1. The summed E-state index contributed by atoms with van der Waals surface area (Å²) in [5, 5.41) is 5.94. The fourth-order valence-corrected chi connectivity index (χ4v) is 3.35. The topological polar surface area (TPSA) is 58.2 Å². The summed E-state index contributed by atoms with van der Waals surface area (Å²) >= 11 is 0. The van der Waals surface area contributed by atoms with Crippen LogP contribution in [-0.2, 0) is 9.59 Å². The molecule has 0 aromatic heterocycles. The molecule has 0 saturated heterocycles. The summed E-state index contributed by atoms with van der Waals surface area (Å²) in [7, 11) is 0. The van der Waals surface area contributed by atoms with E-state index in [1.165, 1.54) is 12.8 Å². The highest BCUT2D eigenvalue weighted by molar-refractivity contribution is 6.04. The molecule has 0 bridgehead atoms. The molecule has 112 valence electrons. The first-order valence-electron chi connectivity index (χ1n) is 7.82. The van der Waals surface area contributed by atoms with Crippen LogP contribution in [0.1, 0.15) is 50.5 Å². The maximum atomic E-state index is 12.2. The van der Waals surface area contributed by atoms with Crippen molar-refractivity contribution < 1.29 is 9.59 Å². The number of hydrogen-bond donors (Lipinski definition) is 2. The number of rotatable bonds is 3. The fraction of sp³-hybridized carbons (Fsp3) is 0.529. The van der Waals surface area contributed by atoms with Gasteiger partial charge in [0.1, 0.15) is 0 Å². The molecule has 2 amide bonds. The van der Waals surface area contributed by atoms with E-state index in [0.29, 0.717) is 0 Å². The SMILES string of the molecule is CC1CCC(NC(=O)CC2C(=O)Nc3ccccc32)CC1. The van der Waals surface area contributed by atoms with Crippen LogP contribution in [0, 0.1) is 5.92 Å². The Kier molecular flexibility index (Phi) is 3.95. The van der Waals surface area contributed by atoms with Gasteiger partial charge >= 0.3 is 0 Å². The van der Waals surface area contributed by atoms with Crippen LogP contribution < -0.4 is 10.6 Å². The molecule has 1 saturated carbocycles. The van der Waals surface area contributed by atoms with E-state index in [2.05, 4.69) is 17.6 Å². The molecule has 1 aliphatic heterocycles. The van der Waals surface area contributed by atoms with Crippen molar-refractivity contribution in [2.45, 2.75) is 51.0 Å². The Morgan fingerprint density at radius 1 is 1.24 bits per heavy atom. The lowest BCUT2D eigenvalue weighted by Crippen LogP contribution is -2.38. The van der Waals surface area contributed by atoms with Gasteiger partial charge in [-0.1, -0.05) is 25.1 Å². The quantitative estimate of drug-likeness (QED) is 0.897. The monoisotopic (exact) mass is 286 g/mol. The van der Waals surface area contributed by atoms with Crippen molar-refractivity contribution in [2.75, 3.05) is 5.32 Å². The number of carbonyl (C=O) groups is 2. The van der Waals surface area contributed by atoms with Crippen LogP contribution in [0.15, 0.2) is 24.3 Å². The van der Waals surface area contributed by atoms with E-state index < -0.39 is 0 Å². The lowest BCUT2D eigenvalue weighted by Gasteiger charge is -2.27. The summed E-state index contributed by atoms with van der Waals surface area (Å²) in [6.07, 6.45) is 4.71. The van der Waals surface area contributed by atoms with Gasteiger partial charge in [0.2, 0.25) is 11.8 Å². The molecule has 1 unspecified atom stereocenters. The number of nitrogens with one attached hydrogen (secondary N) is 2. The van der Waals surface area contributed by atoms with Gasteiger partial charge in [-0.05, 0) is 43.2 Å². The summed E-state index contributed by atoms with van der Waals surface area (Å²) < 4.78 is 0. The second-order valence-corrected chi connectivity index (χ2v) is 6.36. The Morgan fingerprint density at radius 3 is 2.71 bits per heavy atom. The molecule has 0 spiro atoms. The molecule has 1 aromatic carbocycles. The third-order valence-electron chi connectivity index (χ3n) is 4.68. The van der Waals surface area contributed by atoms with E-state index in [-0.39, 0.29) is 30.2 Å². The molecule has 2 aliphatic rings. The standard InChI is InChI=1S/C17H22N2O2/c1-11-6-8-12(9-7-11)18-16(20)10-14-13-4-2-3-5-15(13)19-17(14)21/h2-5,11-12,14H,6-10H2,1H3,(H,18,20)(H,19,21). The Hall–Kier alpha value is -1.84. The minimum absolute atomic E-state index is 0.00796. The number of amides is 2. The molecular formula is C17H22N2O2. The van der Waals surface area contributed by atoms with Gasteiger partial charge in [0.15, 0.2) is 0 Å². The molecule has 0 radical (unpaired) electrons. The van der Waals surface area contributed by atoms with Gasteiger partial charge in [0.25, 0.3) is 0 Å². The van der Waals surface area contributed by atoms with Gasteiger partial charge in [-0.3, -0.25) is 9.59 Å². The molecule has 2 N–H and O–H groups in total. The Labute approximate surface area is 125 Å². The first-order valence-corrected chi connectivity index (χ1v) is 7.82. The van der Waals surface area contributed by atoms with Crippen molar-refractivity contribution in [3.05, 3.63) is 29.8 Å². The molecule has 3 rings (SSSR count). The van der Waals surface area contributed by atoms with Crippen LogP contribution in [0.2, 0.25) is 0 Å². The molecular weight excluding hydrogens is 264 g/mol. The normalized spacial score (nSPS) is 27.9. The average Bonchev–Trinajstić information content (AvgIpc) is 2.78. The summed E-state index contributed by atoms with van der Waals surface area (Å²) in [5.41, 5.74) is 1.78. The highest BCUT2D eigenvalue weighted by atomic mass is 16.2. The Balaban J connectivity index is 1.59. The van der Waals surface area contributed by atoms with Crippen LogP contribution in [-0.4, -0.2) is 17.9 Å². The predicted octanol–water partition coefficient (Wildman–Crippen LogP) is 2.81. The van der Waals surface area contributed by atoms with E-state index in [0.717, 1.165) is 30.0 Å². The van der Waals surface area contributed by atoms with E-state index in [9.17, 15) is 9.59 Å². The van der Waals surface area contributed by atoms with Crippen LogP contribution >= 0.6 is 0 Å². The van der Waals surface area contributed by atoms with Gasteiger partial charge in [-0.25, -0.2) is 0 Å². The summed E-state index contributed by atoms with van der Waals surface area (Å²) in [5.74, 6) is 0.351. The lowest BCUT2D eigenvalue weighted by molar-refractivity contribution is -0.125. The van der Waals surface area contributed by atoms with Gasteiger partial charge in [-0.15, -0.1) is 0 Å². The average molecular weight is 286 g/mol. The Bertz CT molecular complexity index is 547. The summed E-state index contributed by atoms with van der Waals surface area (Å²) in [4.78, 5) is 24.2. The first-order chi connectivity index (χ1) is 10.1. The fourth-order valence-electron chi connectivity index (χ4n) is 3.35. The van der Waals surface area contributed by atoms with Gasteiger partial charge in [-0.2, -0.15) is 0 Å². The zero-order valence-corrected chi connectivity index (χ0v) is 12.4. The smallest absolute Gasteiger partial charge is 0.232 e. The molecule has 4 heteroatoms. The van der Waals surface area contributed by atoms with Crippen molar-refractivity contribution in [3.8, 4) is 0 Å². The van der Waals surface area contributed by atoms with Gasteiger partial charge in [0, 0.05) is 18.2 Å². The van der Waals surface area contributed by atoms with Crippen LogP contribution in [0.25, 0.3) is 0 Å². The van der Waals surface area contributed by atoms with Crippen molar-refractivity contribution in [3.63, 3.8) is 0 Å². The van der Waals surface area contributed by atoms with E-state index >= 15 is 0 Å². The largest absolute Gasteiger partial charge is 0.353 e. The molecule has 1 fully saturated rings. The minimum Gasteiger partial charge on any atom is -0.353 e. The van der Waals surface area contributed by atoms with Gasteiger partial charge in [0.05, 0.1) is 5.92 Å². The van der Waals surface area contributed by atoms with Crippen LogP contribution in [0.4, 0.5) is 5.69 Å². The number of hydrogen-bond acceptors (Lipinski definition) is 2. The molecule has 1 heterocycles. The van der Waals surface area contributed by atoms with Crippen LogP contribution in [0.3, 0.4) is 0 Å². The molecule has 1 atom stereocenters. The first kappa shape index (κ1) is 14.1. The summed E-state index contributed by atoms with van der Waals surface area (Å²) in [6.45, 7) is 2.26. The second-order valence-electron chi connectivity index (χ2n) is 6.36. The zero-order valence-electron chi connectivity index (χ0n) is 12.4. The molecule has 4 nitrogen and oxygen atoms in total. The highest BCUT2D eigenvalue weighted by Gasteiger charge is 2.32. The third kappa shape index (κ3) is 3.09. The number of benzene rings is 1. The minimum atomic E-state index is -0.344. The van der Waals surface area contributed by atoms with Crippen LogP contribution in [0.5, 0.6) is 0 Å². The zero-order chi connectivity index (χ0) is 14.8. The molecule has 1 aliphatic carbocycles. The maximum absolute atomic E-state index is 12.2. The van der Waals surface area contributed by atoms with E-state index in [1.54, 1.807) is 0 Å². The highest BCUT2D eigenvalue weighted by Crippen LogP contribution is 2.34. The van der Waals surface area contributed by atoms with E-state index in [1.807, 2.05) is 24.3 Å².